The van der Waals surface area contributed by atoms with Crippen LogP contribution in [-0.4, -0.2) is 63.6 Å². The summed E-state index contributed by atoms with van der Waals surface area (Å²) in [6, 6.07) is 12.1. The van der Waals surface area contributed by atoms with Gasteiger partial charge in [-0.1, -0.05) is 29.8 Å². The second-order valence-corrected chi connectivity index (χ2v) is 9.65. The SMILES string of the molecule is COc1cccc(CN2CCN(C(=O)c3nn4c(C(F)(F)F)cc(-c5cccs5)nc4c3Cl)CC2)c1. The number of amides is 1. The Hall–Kier alpha value is -3.15. The van der Waals surface area contributed by atoms with Crippen molar-refractivity contribution in [2.75, 3.05) is 33.3 Å². The minimum atomic E-state index is -4.71. The predicted octanol–water partition coefficient (Wildman–Crippen LogP) is 5.10. The molecular formula is C24H21ClF3N5O2S. The van der Waals surface area contributed by atoms with Gasteiger partial charge in [0, 0.05) is 32.7 Å². The van der Waals surface area contributed by atoms with E-state index in [0.29, 0.717) is 42.1 Å². The number of hydrogen-bond donors (Lipinski definition) is 0. The molecule has 0 radical (unpaired) electrons. The lowest BCUT2D eigenvalue weighted by molar-refractivity contribution is -0.142. The van der Waals surface area contributed by atoms with E-state index in [9.17, 15) is 18.0 Å². The number of rotatable bonds is 5. The molecule has 0 saturated carbocycles. The van der Waals surface area contributed by atoms with E-state index in [1.807, 2.05) is 24.3 Å². The second-order valence-electron chi connectivity index (χ2n) is 8.32. The van der Waals surface area contributed by atoms with Crippen molar-refractivity contribution in [2.45, 2.75) is 12.7 Å². The lowest BCUT2D eigenvalue weighted by atomic mass is 10.2. The maximum absolute atomic E-state index is 13.9. The fourth-order valence-electron chi connectivity index (χ4n) is 4.17. The van der Waals surface area contributed by atoms with Crippen LogP contribution in [0.25, 0.3) is 16.2 Å². The van der Waals surface area contributed by atoms with Gasteiger partial charge in [-0.2, -0.15) is 18.3 Å². The summed E-state index contributed by atoms with van der Waals surface area (Å²) in [5, 5.41) is 5.52. The highest BCUT2D eigenvalue weighted by Gasteiger charge is 2.37. The van der Waals surface area contributed by atoms with Crippen molar-refractivity contribution < 1.29 is 22.7 Å². The van der Waals surface area contributed by atoms with Gasteiger partial charge < -0.3 is 9.64 Å². The molecule has 1 aromatic carbocycles. The number of alkyl halides is 3. The Labute approximate surface area is 213 Å². The molecule has 4 heterocycles. The third-order valence-electron chi connectivity index (χ3n) is 6.00. The summed E-state index contributed by atoms with van der Waals surface area (Å²) in [5.41, 5.74) is -0.268. The van der Waals surface area contributed by atoms with E-state index in [0.717, 1.165) is 17.4 Å². The third-order valence-corrected chi connectivity index (χ3v) is 7.24. The average Bonchev–Trinajstić information content (AvgIpc) is 3.52. The number of halogens is 4. The van der Waals surface area contributed by atoms with E-state index in [1.165, 1.54) is 11.3 Å². The molecule has 1 fully saturated rings. The Kier molecular flexibility index (Phi) is 6.62. The molecule has 1 aliphatic rings. The van der Waals surface area contributed by atoms with Crippen molar-refractivity contribution in [3.05, 3.63) is 69.8 Å². The normalized spacial score (nSPS) is 15.0. The minimum Gasteiger partial charge on any atom is -0.497 e. The van der Waals surface area contributed by atoms with Gasteiger partial charge >= 0.3 is 6.18 Å². The average molecular weight is 536 g/mol. The van der Waals surface area contributed by atoms with Crippen LogP contribution in [0.4, 0.5) is 13.2 Å². The summed E-state index contributed by atoms with van der Waals surface area (Å²) in [5.74, 6) is 0.259. The summed E-state index contributed by atoms with van der Waals surface area (Å²) in [7, 11) is 1.62. The number of carbonyl (C=O) groups excluding carboxylic acids is 1. The molecule has 0 unspecified atom stereocenters. The van der Waals surface area contributed by atoms with Gasteiger partial charge in [0.15, 0.2) is 17.0 Å². The zero-order valence-corrected chi connectivity index (χ0v) is 20.7. The molecule has 3 aromatic heterocycles. The van der Waals surface area contributed by atoms with Crippen LogP contribution in [0.1, 0.15) is 21.7 Å². The van der Waals surface area contributed by atoms with Gasteiger partial charge in [-0.3, -0.25) is 9.69 Å². The van der Waals surface area contributed by atoms with Gasteiger partial charge in [0.05, 0.1) is 17.7 Å². The number of piperazine rings is 1. The van der Waals surface area contributed by atoms with Crippen molar-refractivity contribution >= 4 is 34.5 Å². The minimum absolute atomic E-state index is 0.122. The molecular weight excluding hydrogens is 515 g/mol. The molecule has 188 valence electrons. The second kappa shape index (κ2) is 9.72. The van der Waals surface area contributed by atoms with Crippen molar-refractivity contribution in [3.63, 3.8) is 0 Å². The standard InChI is InChI=1S/C24H21ClF3N5O2S/c1-35-16-5-2-4-15(12-16)14-31-7-9-32(10-8-31)23(34)21-20(25)22-29-17(18-6-3-11-36-18)13-19(24(26,27)28)33(22)30-21/h2-6,11-13H,7-10,14H2,1H3. The van der Waals surface area contributed by atoms with Gasteiger partial charge in [0.1, 0.15) is 10.8 Å². The molecule has 7 nitrogen and oxygen atoms in total. The quantitative estimate of drug-likeness (QED) is 0.356. The van der Waals surface area contributed by atoms with Crippen LogP contribution in [0.2, 0.25) is 5.02 Å². The fourth-order valence-corrected chi connectivity index (χ4v) is 5.10. The van der Waals surface area contributed by atoms with Crippen LogP contribution in [-0.2, 0) is 12.7 Å². The summed E-state index contributed by atoms with van der Waals surface area (Å²) in [6.45, 7) is 2.68. The van der Waals surface area contributed by atoms with Crippen molar-refractivity contribution in [1.29, 1.82) is 0 Å². The third kappa shape index (κ3) is 4.78. The van der Waals surface area contributed by atoms with Crippen LogP contribution in [0, 0.1) is 0 Å². The highest BCUT2D eigenvalue weighted by Crippen LogP contribution is 2.35. The molecule has 0 aliphatic carbocycles. The Morgan fingerprint density at radius 2 is 1.92 bits per heavy atom. The van der Waals surface area contributed by atoms with Gasteiger partial charge in [-0.25, -0.2) is 9.50 Å². The van der Waals surface area contributed by atoms with Crippen LogP contribution >= 0.6 is 22.9 Å². The van der Waals surface area contributed by atoms with Crippen molar-refractivity contribution in [2.24, 2.45) is 0 Å². The molecule has 4 aromatic rings. The first-order valence-electron chi connectivity index (χ1n) is 11.1. The highest BCUT2D eigenvalue weighted by molar-refractivity contribution is 7.13. The summed E-state index contributed by atoms with van der Waals surface area (Å²) in [4.78, 5) is 21.8. The smallest absolute Gasteiger partial charge is 0.433 e. The van der Waals surface area contributed by atoms with Crippen LogP contribution < -0.4 is 4.74 Å². The first-order valence-corrected chi connectivity index (χ1v) is 12.4. The summed E-state index contributed by atoms with van der Waals surface area (Å²) in [6.07, 6.45) is -4.71. The van der Waals surface area contributed by atoms with E-state index in [1.54, 1.807) is 29.5 Å². The molecule has 1 saturated heterocycles. The first kappa shape index (κ1) is 24.5. The predicted molar refractivity (Wildman–Crippen MR) is 130 cm³/mol. The van der Waals surface area contributed by atoms with E-state index in [2.05, 4.69) is 15.0 Å². The number of benzene rings is 1. The zero-order valence-electron chi connectivity index (χ0n) is 19.1. The molecule has 36 heavy (non-hydrogen) atoms. The van der Waals surface area contributed by atoms with Crippen molar-refractivity contribution in [1.82, 2.24) is 24.4 Å². The van der Waals surface area contributed by atoms with Crippen LogP contribution in [0.3, 0.4) is 0 Å². The zero-order chi connectivity index (χ0) is 25.4. The van der Waals surface area contributed by atoms with E-state index in [-0.39, 0.29) is 22.1 Å². The van der Waals surface area contributed by atoms with E-state index >= 15 is 0 Å². The lowest BCUT2D eigenvalue weighted by Gasteiger charge is -2.34. The van der Waals surface area contributed by atoms with Gasteiger partial charge in [-0.15, -0.1) is 11.3 Å². The molecule has 0 atom stereocenters. The maximum atomic E-state index is 13.9. The largest absolute Gasteiger partial charge is 0.497 e. The van der Waals surface area contributed by atoms with Crippen LogP contribution in [0.5, 0.6) is 5.75 Å². The Morgan fingerprint density at radius 3 is 2.58 bits per heavy atom. The van der Waals surface area contributed by atoms with Crippen LogP contribution in [0.15, 0.2) is 47.8 Å². The maximum Gasteiger partial charge on any atom is 0.433 e. The molecule has 12 heteroatoms. The lowest BCUT2D eigenvalue weighted by Crippen LogP contribution is -2.48. The first-order chi connectivity index (χ1) is 17.2. The number of ether oxygens (including phenoxy) is 1. The number of carbonyl (C=O) groups is 1. The molecule has 0 bridgehead atoms. The van der Waals surface area contributed by atoms with Gasteiger partial charge in [0.25, 0.3) is 5.91 Å². The summed E-state index contributed by atoms with van der Waals surface area (Å²) < 4.78 is 47.5. The number of nitrogens with zero attached hydrogens (tertiary/aromatic N) is 5. The Balaban J connectivity index is 1.38. The topological polar surface area (TPSA) is 63.0 Å². The summed E-state index contributed by atoms with van der Waals surface area (Å²) >= 11 is 7.67. The molecule has 1 aliphatic heterocycles. The van der Waals surface area contributed by atoms with Gasteiger partial charge in [-0.05, 0) is 35.2 Å². The molecule has 0 spiro atoms. The number of hydrogen-bond acceptors (Lipinski definition) is 6. The monoisotopic (exact) mass is 535 g/mol. The number of aromatic nitrogens is 3. The highest BCUT2D eigenvalue weighted by atomic mass is 35.5. The van der Waals surface area contributed by atoms with E-state index < -0.39 is 17.8 Å². The fraction of sp³-hybridized carbons (Fsp3) is 0.292. The van der Waals surface area contributed by atoms with Crippen molar-refractivity contribution in [3.8, 4) is 16.3 Å². The van der Waals surface area contributed by atoms with E-state index in [4.69, 9.17) is 16.3 Å². The Morgan fingerprint density at radius 1 is 1.14 bits per heavy atom. The molecule has 5 rings (SSSR count). The number of methoxy groups -OCH3 is 1. The number of fused-ring (bicyclic) bond motifs is 1. The Bertz CT molecular complexity index is 1400. The molecule has 0 N–H and O–H groups in total. The van der Waals surface area contributed by atoms with Gasteiger partial charge in [0.2, 0.25) is 0 Å². The number of thiophene rings is 1. The molecule has 1 amide bonds.